The number of rotatable bonds is 3. The number of likely N-dealkylation sites (tertiary alicyclic amines) is 1. The first-order valence-corrected chi connectivity index (χ1v) is 11.6. The van der Waals surface area contributed by atoms with Crippen molar-refractivity contribution in [2.45, 2.75) is 39.3 Å². The molecule has 0 saturated carbocycles. The van der Waals surface area contributed by atoms with E-state index in [2.05, 4.69) is 5.10 Å². The van der Waals surface area contributed by atoms with E-state index in [9.17, 15) is 27.6 Å². The molecule has 2 aliphatic heterocycles. The van der Waals surface area contributed by atoms with Crippen molar-refractivity contribution in [3.05, 3.63) is 46.8 Å². The summed E-state index contributed by atoms with van der Waals surface area (Å²) in [4.78, 5) is 42.6. The highest BCUT2D eigenvalue weighted by Gasteiger charge is 2.33. The van der Waals surface area contributed by atoms with Crippen molar-refractivity contribution < 1.29 is 27.6 Å². The van der Waals surface area contributed by atoms with Crippen molar-refractivity contribution in [1.82, 2.24) is 24.5 Å². The molecular formula is C24H28F3N5O3. The quantitative estimate of drug-likeness (QED) is 0.618. The van der Waals surface area contributed by atoms with Crippen LogP contribution < -0.4 is 0 Å². The van der Waals surface area contributed by atoms with Gasteiger partial charge < -0.3 is 14.7 Å². The van der Waals surface area contributed by atoms with Gasteiger partial charge in [-0.2, -0.15) is 18.3 Å². The first-order chi connectivity index (χ1) is 16.6. The van der Waals surface area contributed by atoms with E-state index < -0.39 is 23.6 Å². The van der Waals surface area contributed by atoms with Crippen LogP contribution in [0.2, 0.25) is 0 Å². The maximum Gasteiger partial charge on any atom is 0.416 e. The van der Waals surface area contributed by atoms with E-state index in [4.69, 9.17) is 0 Å². The molecule has 0 aliphatic carbocycles. The minimum Gasteiger partial charge on any atom is -0.339 e. The van der Waals surface area contributed by atoms with Crippen LogP contribution in [0.5, 0.6) is 0 Å². The van der Waals surface area contributed by atoms with Gasteiger partial charge >= 0.3 is 18.0 Å². The number of carbonyl (C=O) groups excluding carboxylic acids is 3. The van der Waals surface area contributed by atoms with E-state index in [0.717, 1.165) is 25.0 Å². The average Bonchev–Trinajstić information content (AvgIpc) is 3.47. The number of benzene rings is 1. The zero-order valence-electron chi connectivity index (χ0n) is 19.8. The van der Waals surface area contributed by atoms with Crippen LogP contribution in [-0.4, -0.2) is 81.5 Å². The summed E-state index contributed by atoms with van der Waals surface area (Å²) in [5.41, 5.74) is 1.33. The third-order valence-corrected chi connectivity index (χ3v) is 6.68. The van der Waals surface area contributed by atoms with Gasteiger partial charge in [0, 0.05) is 50.5 Å². The molecule has 0 radical (unpaired) electrons. The number of hydrogen-bond donors (Lipinski definition) is 0. The number of aromatic nitrogens is 2. The summed E-state index contributed by atoms with van der Waals surface area (Å²) in [5, 5.41) is 4.38. The summed E-state index contributed by atoms with van der Waals surface area (Å²) in [7, 11) is 0. The molecule has 2 aliphatic rings. The van der Waals surface area contributed by atoms with Crippen LogP contribution in [-0.2, 0) is 27.0 Å². The van der Waals surface area contributed by atoms with Gasteiger partial charge in [0.05, 0.1) is 23.4 Å². The van der Waals surface area contributed by atoms with Gasteiger partial charge in [0.2, 0.25) is 5.91 Å². The Labute approximate surface area is 201 Å². The molecule has 2 fully saturated rings. The Hall–Kier alpha value is -3.37. The van der Waals surface area contributed by atoms with Crippen molar-refractivity contribution in [3.63, 3.8) is 0 Å². The monoisotopic (exact) mass is 491 g/mol. The molecule has 2 aromatic rings. The van der Waals surface area contributed by atoms with Crippen LogP contribution >= 0.6 is 0 Å². The van der Waals surface area contributed by atoms with Crippen LogP contribution in [0.25, 0.3) is 5.69 Å². The summed E-state index contributed by atoms with van der Waals surface area (Å²) in [6.45, 7) is 5.86. The Kier molecular flexibility index (Phi) is 6.86. The van der Waals surface area contributed by atoms with Crippen LogP contribution in [0.4, 0.5) is 13.2 Å². The van der Waals surface area contributed by atoms with E-state index in [1.165, 1.54) is 15.6 Å². The molecule has 188 valence electrons. The maximum atomic E-state index is 13.1. The van der Waals surface area contributed by atoms with Gasteiger partial charge in [-0.15, -0.1) is 0 Å². The molecule has 8 nitrogen and oxygen atoms in total. The number of hydrogen-bond acceptors (Lipinski definition) is 4. The molecule has 0 N–H and O–H groups in total. The summed E-state index contributed by atoms with van der Waals surface area (Å²) in [6, 6.07) is 4.90. The molecule has 0 atom stereocenters. The lowest BCUT2D eigenvalue weighted by molar-refractivity contribution is -0.153. The van der Waals surface area contributed by atoms with E-state index in [1.807, 2.05) is 0 Å². The van der Waals surface area contributed by atoms with Gasteiger partial charge in [-0.3, -0.25) is 14.4 Å². The van der Waals surface area contributed by atoms with E-state index in [-0.39, 0.29) is 31.1 Å². The standard InChI is InChI=1S/C24H28F3N5O3/c1-16-20(17(2)32(28-16)19-7-5-6-18(14-19)24(25,26)27)15-21(33)29-10-12-31(13-11-29)23(35)22(34)30-8-3-4-9-30/h5-7,14H,3-4,8-13,15H2,1-2H3. The smallest absolute Gasteiger partial charge is 0.339 e. The Bertz CT molecular complexity index is 1130. The number of nitrogens with zero attached hydrogens (tertiary/aromatic N) is 5. The number of carbonyl (C=O) groups is 3. The second-order valence-corrected chi connectivity index (χ2v) is 8.96. The number of halogens is 3. The lowest BCUT2D eigenvalue weighted by atomic mass is 10.1. The molecule has 3 heterocycles. The number of aryl methyl sites for hydroxylation is 1. The van der Waals surface area contributed by atoms with Crippen molar-refractivity contribution in [2.24, 2.45) is 0 Å². The SMILES string of the molecule is Cc1nn(-c2cccc(C(F)(F)F)c2)c(C)c1CC(=O)N1CCN(C(=O)C(=O)N2CCCC2)CC1. The highest BCUT2D eigenvalue weighted by atomic mass is 19.4. The van der Waals surface area contributed by atoms with Crippen LogP contribution in [0.1, 0.15) is 35.4 Å². The van der Waals surface area contributed by atoms with Gasteiger partial charge in [0.25, 0.3) is 0 Å². The predicted molar refractivity (Wildman–Crippen MR) is 121 cm³/mol. The van der Waals surface area contributed by atoms with Crippen LogP contribution in [0.3, 0.4) is 0 Å². The summed E-state index contributed by atoms with van der Waals surface area (Å²) in [6.07, 6.45) is -2.60. The molecule has 0 unspecified atom stereocenters. The molecule has 0 bridgehead atoms. The molecule has 35 heavy (non-hydrogen) atoms. The largest absolute Gasteiger partial charge is 0.416 e. The fourth-order valence-electron chi connectivity index (χ4n) is 4.61. The highest BCUT2D eigenvalue weighted by Crippen LogP contribution is 2.31. The topological polar surface area (TPSA) is 78.8 Å². The van der Waals surface area contributed by atoms with Crippen LogP contribution in [0.15, 0.2) is 24.3 Å². The molecule has 4 rings (SSSR count). The van der Waals surface area contributed by atoms with Crippen molar-refractivity contribution in [3.8, 4) is 5.69 Å². The fraction of sp³-hybridized carbons (Fsp3) is 0.500. The normalized spacial score (nSPS) is 16.7. The third kappa shape index (κ3) is 5.18. The summed E-state index contributed by atoms with van der Waals surface area (Å²) >= 11 is 0. The van der Waals surface area contributed by atoms with Crippen molar-refractivity contribution in [1.29, 1.82) is 0 Å². The molecule has 11 heteroatoms. The van der Waals surface area contributed by atoms with E-state index >= 15 is 0 Å². The molecule has 3 amide bonds. The zero-order valence-corrected chi connectivity index (χ0v) is 19.8. The Morgan fingerprint density at radius 1 is 0.886 bits per heavy atom. The zero-order chi connectivity index (χ0) is 25.3. The summed E-state index contributed by atoms with van der Waals surface area (Å²) < 4.78 is 40.8. The molecular weight excluding hydrogens is 463 g/mol. The predicted octanol–water partition coefficient (Wildman–Crippen LogP) is 2.34. The molecule has 2 saturated heterocycles. The Balaban J connectivity index is 1.40. The fourth-order valence-corrected chi connectivity index (χ4v) is 4.61. The van der Waals surface area contributed by atoms with Crippen molar-refractivity contribution >= 4 is 17.7 Å². The van der Waals surface area contributed by atoms with Crippen LogP contribution in [0, 0.1) is 13.8 Å². The maximum absolute atomic E-state index is 13.1. The lowest BCUT2D eigenvalue weighted by Gasteiger charge is -2.35. The van der Waals surface area contributed by atoms with Gasteiger partial charge in [-0.05, 0) is 44.9 Å². The number of amides is 3. The first kappa shape index (κ1) is 24.7. The third-order valence-electron chi connectivity index (χ3n) is 6.68. The molecule has 0 spiro atoms. The Morgan fingerprint density at radius 3 is 2.06 bits per heavy atom. The van der Waals surface area contributed by atoms with Gasteiger partial charge in [0.15, 0.2) is 0 Å². The van der Waals surface area contributed by atoms with Gasteiger partial charge in [-0.25, -0.2) is 4.68 Å². The van der Waals surface area contributed by atoms with E-state index in [0.29, 0.717) is 43.1 Å². The summed E-state index contributed by atoms with van der Waals surface area (Å²) in [5.74, 6) is -1.15. The average molecular weight is 492 g/mol. The van der Waals surface area contributed by atoms with Gasteiger partial charge in [0.1, 0.15) is 0 Å². The second-order valence-electron chi connectivity index (χ2n) is 8.96. The minimum absolute atomic E-state index is 0.0529. The minimum atomic E-state index is -4.46. The van der Waals surface area contributed by atoms with E-state index in [1.54, 1.807) is 29.7 Å². The van der Waals surface area contributed by atoms with Gasteiger partial charge in [-0.1, -0.05) is 6.07 Å². The molecule has 1 aromatic heterocycles. The molecule has 1 aromatic carbocycles. The highest BCUT2D eigenvalue weighted by molar-refractivity contribution is 6.35. The second kappa shape index (κ2) is 9.71. The number of alkyl halides is 3. The number of piperazine rings is 1. The lowest BCUT2D eigenvalue weighted by Crippen LogP contribution is -2.54. The Morgan fingerprint density at radius 2 is 1.46 bits per heavy atom. The first-order valence-electron chi connectivity index (χ1n) is 11.6. The van der Waals surface area contributed by atoms with Crippen molar-refractivity contribution in [2.75, 3.05) is 39.3 Å².